The Bertz CT molecular complexity index is 240. The van der Waals surface area contributed by atoms with E-state index < -0.39 is 0 Å². The minimum atomic E-state index is 0.186. The van der Waals surface area contributed by atoms with E-state index in [4.69, 9.17) is 4.74 Å². The zero-order chi connectivity index (χ0) is 10.9. The van der Waals surface area contributed by atoms with Crippen LogP contribution < -0.4 is 5.32 Å². The number of benzene rings is 1. The molecule has 2 heteroatoms. The van der Waals surface area contributed by atoms with Gasteiger partial charge in [-0.1, -0.05) is 44.2 Å². The monoisotopic (exact) mass is 207 g/mol. The molecule has 0 aliphatic rings. The van der Waals surface area contributed by atoms with Crippen molar-refractivity contribution >= 4 is 0 Å². The molecule has 0 aromatic heterocycles. The van der Waals surface area contributed by atoms with Gasteiger partial charge in [-0.15, -0.1) is 0 Å². The number of likely N-dealkylation sites (N-methyl/N-ethyl adjacent to an activating group) is 1. The molecule has 0 radical (unpaired) electrons. The van der Waals surface area contributed by atoms with Crippen molar-refractivity contribution in [3.63, 3.8) is 0 Å². The number of ether oxygens (including phenoxy) is 1. The highest BCUT2D eigenvalue weighted by Crippen LogP contribution is 2.16. The Hall–Kier alpha value is -0.860. The molecule has 1 rings (SSSR count). The first kappa shape index (κ1) is 12.2. The minimum Gasteiger partial charge on any atom is -0.372 e. The van der Waals surface area contributed by atoms with E-state index in [0.717, 1.165) is 26.1 Å². The van der Waals surface area contributed by atoms with Gasteiger partial charge in [0.15, 0.2) is 0 Å². The van der Waals surface area contributed by atoms with E-state index in [1.807, 2.05) is 6.07 Å². The lowest BCUT2D eigenvalue weighted by Crippen LogP contribution is -2.23. The van der Waals surface area contributed by atoms with Crippen LogP contribution in [0.25, 0.3) is 0 Å². The number of hydrogen-bond donors (Lipinski definition) is 1. The van der Waals surface area contributed by atoms with Gasteiger partial charge in [-0.3, -0.25) is 0 Å². The van der Waals surface area contributed by atoms with E-state index in [2.05, 4.69) is 43.4 Å². The Morgan fingerprint density at radius 2 is 1.93 bits per heavy atom. The molecule has 0 spiro atoms. The fourth-order valence-electron chi connectivity index (χ4n) is 1.48. The van der Waals surface area contributed by atoms with Crippen LogP contribution in [-0.2, 0) is 4.74 Å². The average Bonchev–Trinajstić information content (AvgIpc) is 2.30. The first-order chi connectivity index (χ1) is 7.38. The predicted molar refractivity (Wildman–Crippen MR) is 64.0 cm³/mol. The zero-order valence-electron chi connectivity index (χ0n) is 9.70. The molecule has 0 saturated heterocycles. The molecule has 1 unspecified atom stereocenters. The van der Waals surface area contributed by atoms with Gasteiger partial charge in [-0.2, -0.15) is 0 Å². The number of hydrogen-bond acceptors (Lipinski definition) is 2. The molecule has 1 aromatic rings. The molecule has 1 aromatic carbocycles. The van der Waals surface area contributed by atoms with Crippen molar-refractivity contribution in [2.75, 3.05) is 19.7 Å². The summed E-state index contributed by atoms with van der Waals surface area (Å²) in [4.78, 5) is 0. The molecule has 1 N–H and O–H groups in total. The van der Waals surface area contributed by atoms with E-state index in [1.165, 1.54) is 5.56 Å². The van der Waals surface area contributed by atoms with Gasteiger partial charge in [0.25, 0.3) is 0 Å². The second-order valence-corrected chi connectivity index (χ2v) is 3.58. The van der Waals surface area contributed by atoms with E-state index >= 15 is 0 Å². The quantitative estimate of drug-likeness (QED) is 0.742. The maximum Gasteiger partial charge on any atom is 0.0949 e. The lowest BCUT2D eigenvalue weighted by molar-refractivity contribution is 0.0534. The van der Waals surface area contributed by atoms with Crippen LogP contribution in [0.15, 0.2) is 30.3 Å². The lowest BCUT2D eigenvalue weighted by atomic mass is 10.1. The highest BCUT2D eigenvalue weighted by atomic mass is 16.5. The summed E-state index contributed by atoms with van der Waals surface area (Å²) in [5.74, 6) is 0. The molecule has 0 heterocycles. The Balaban J connectivity index is 2.55. The second kappa shape index (κ2) is 7.43. The minimum absolute atomic E-state index is 0.186. The molecule has 84 valence electrons. The van der Waals surface area contributed by atoms with Crippen LogP contribution in [0.5, 0.6) is 0 Å². The first-order valence-electron chi connectivity index (χ1n) is 5.75. The molecule has 0 fully saturated rings. The van der Waals surface area contributed by atoms with Crippen molar-refractivity contribution in [2.24, 2.45) is 0 Å². The first-order valence-corrected chi connectivity index (χ1v) is 5.75. The normalized spacial score (nSPS) is 12.7. The molecule has 0 bridgehead atoms. The highest BCUT2D eigenvalue weighted by molar-refractivity contribution is 5.17. The Morgan fingerprint density at radius 1 is 1.20 bits per heavy atom. The van der Waals surface area contributed by atoms with Crippen LogP contribution in [0, 0.1) is 0 Å². The molecule has 0 aliphatic heterocycles. The highest BCUT2D eigenvalue weighted by Gasteiger charge is 2.09. The summed E-state index contributed by atoms with van der Waals surface area (Å²) in [6, 6.07) is 10.4. The summed E-state index contributed by atoms with van der Waals surface area (Å²) in [6.07, 6.45) is 1.25. The van der Waals surface area contributed by atoms with Gasteiger partial charge in [-0.25, -0.2) is 0 Å². The van der Waals surface area contributed by atoms with Crippen molar-refractivity contribution in [1.29, 1.82) is 0 Å². The van der Waals surface area contributed by atoms with Crippen molar-refractivity contribution in [1.82, 2.24) is 5.32 Å². The van der Waals surface area contributed by atoms with Crippen molar-refractivity contribution < 1.29 is 4.74 Å². The lowest BCUT2D eigenvalue weighted by Gasteiger charge is -2.18. The van der Waals surface area contributed by atoms with Gasteiger partial charge in [0, 0.05) is 13.2 Å². The third-order valence-corrected chi connectivity index (χ3v) is 2.27. The molecule has 0 amide bonds. The third kappa shape index (κ3) is 4.45. The average molecular weight is 207 g/mol. The smallest absolute Gasteiger partial charge is 0.0949 e. The largest absolute Gasteiger partial charge is 0.372 e. The SMILES string of the molecule is CCCOC(CNCC)c1ccccc1. The molecular weight excluding hydrogens is 186 g/mol. The standard InChI is InChI=1S/C13H21NO/c1-3-10-15-13(11-14-4-2)12-8-6-5-7-9-12/h5-9,13-14H,3-4,10-11H2,1-2H3. The zero-order valence-corrected chi connectivity index (χ0v) is 9.70. The molecule has 0 aliphatic carbocycles. The third-order valence-electron chi connectivity index (χ3n) is 2.27. The van der Waals surface area contributed by atoms with Crippen molar-refractivity contribution in [2.45, 2.75) is 26.4 Å². The van der Waals surface area contributed by atoms with Crippen LogP contribution >= 0.6 is 0 Å². The molecular formula is C13H21NO. The molecule has 2 nitrogen and oxygen atoms in total. The number of rotatable bonds is 7. The van der Waals surface area contributed by atoms with Gasteiger partial charge >= 0.3 is 0 Å². The topological polar surface area (TPSA) is 21.3 Å². The summed E-state index contributed by atoms with van der Waals surface area (Å²) in [6.45, 7) is 6.95. The summed E-state index contributed by atoms with van der Waals surface area (Å²) in [7, 11) is 0. The predicted octanol–water partition coefficient (Wildman–Crippen LogP) is 2.76. The molecule has 1 atom stereocenters. The van der Waals surface area contributed by atoms with E-state index in [-0.39, 0.29) is 6.10 Å². The van der Waals surface area contributed by atoms with Crippen molar-refractivity contribution in [3.05, 3.63) is 35.9 Å². The van der Waals surface area contributed by atoms with Crippen molar-refractivity contribution in [3.8, 4) is 0 Å². The molecule has 15 heavy (non-hydrogen) atoms. The second-order valence-electron chi connectivity index (χ2n) is 3.58. The fourth-order valence-corrected chi connectivity index (χ4v) is 1.48. The van der Waals surface area contributed by atoms with Gasteiger partial charge < -0.3 is 10.1 Å². The van der Waals surface area contributed by atoms with E-state index in [0.29, 0.717) is 0 Å². The Morgan fingerprint density at radius 3 is 2.53 bits per heavy atom. The summed E-state index contributed by atoms with van der Waals surface area (Å²) < 4.78 is 5.82. The number of nitrogens with one attached hydrogen (secondary N) is 1. The fraction of sp³-hybridized carbons (Fsp3) is 0.538. The molecule has 0 saturated carbocycles. The summed E-state index contributed by atoms with van der Waals surface area (Å²) >= 11 is 0. The van der Waals surface area contributed by atoms with Crippen LogP contribution in [0.2, 0.25) is 0 Å². The van der Waals surface area contributed by atoms with Gasteiger partial charge in [-0.05, 0) is 18.5 Å². The van der Waals surface area contributed by atoms with Crippen LogP contribution in [-0.4, -0.2) is 19.7 Å². The van der Waals surface area contributed by atoms with Gasteiger partial charge in [0.1, 0.15) is 0 Å². The maximum absolute atomic E-state index is 5.82. The van der Waals surface area contributed by atoms with Gasteiger partial charge in [0.05, 0.1) is 6.10 Å². The van der Waals surface area contributed by atoms with Crippen LogP contribution in [0.1, 0.15) is 31.9 Å². The van der Waals surface area contributed by atoms with Crippen LogP contribution in [0.3, 0.4) is 0 Å². The van der Waals surface area contributed by atoms with Gasteiger partial charge in [0.2, 0.25) is 0 Å². The summed E-state index contributed by atoms with van der Waals surface area (Å²) in [5.41, 5.74) is 1.26. The summed E-state index contributed by atoms with van der Waals surface area (Å²) in [5, 5.41) is 3.33. The Labute approximate surface area is 92.6 Å². The van der Waals surface area contributed by atoms with Crippen LogP contribution in [0.4, 0.5) is 0 Å². The Kier molecular flexibility index (Phi) is 6.05. The van der Waals surface area contributed by atoms with E-state index in [9.17, 15) is 0 Å². The van der Waals surface area contributed by atoms with E-state index in [1.54, 1.807) is 0 Å². The maximum atomic E-state index is 5.82.